The van der Waals surface area contributed by atoms with Crippen LogP contribution in [0.3, 0.4) is 0 Å². The SMILES string of the molecule is N#Cc1ccc(-c2ccc(O)cc2)cc1.[Y]. The summed E-state index contributed by atoms with van der Waals surface area (Å²) in [6.45, 7) is 0. The van der Waals surface area contributed by atoms with Gasteiger partial charge in [0.15, 0.2) is 0 Å². The van der Waals surface area contributed by atoms with Crippen LogP contribution in [0.2, 0.25) is 0 Å². The molecule has 0 aliphatic rings. The van der Waals surface area contributed by atoms with E-state index in [9.17, 15) is 0 Å². The van der Waals surface area contributed by atoms with E-state index in [2.05, 4.69) is 6.07 Å². The van der Waals surface area contributed by atoms with E-state index in [1.165, 1.54) is 0 Å². The van der Waals surface area contributed by atoms with Crippen molar-refractivity contribution in [2.45, 2.75) is 0 Å². The minimum Gasteiger partial charge on any atom is -0.508 e. The van der Waals surface area contributed by atoms with Gasteiger partial charge in [-0.2, -0.15) is 5.26 Å². The van der Waals surface area contributed by atoms with Crippen LogP contribution in [0.4, 0.5) is 0 Å². The van der Waals surface area contributed by atoms with Crippen LogP contribution in [-0.4, -0.2) is 5.11 Å². The summed E-state index contributed by atoms with van der Waals surface area (Å²) in [7, 11) is 0. The third-order valence-corrected chi connectivity index (χ3v) is 2.21. The standard InChI is InChI=1S/C13H9NO.Y/c14-9-10-1-3-11(4-2-10)12-5-7-13(15)8-6-12;/h1-8,15H;. The van der Waals surface area contributed by atoms with E-state index >= 15 is 0 Å². The van der Waals surface area contributed by atoms with Gasteiger partial charge in [-0.05, 0) is 35.4 Å². The maximum absolute atomic E-state index is 9.14. The van der Waals surface area contributed by atoms with Gasteiger partial charge in [0.1, 0.15) is 5.75 Å². The molecule has 2 aromatic rings. The van der Waals surface area contributed by atoms with Crippen molar-refractivity contribution >= 4 is 0 Å². The second-order valence-corrected chi connectivity index (χ2v) is 3.24. The minimum absolute atomic E-state index is 0. The molecule has 0 aliphatic carbocycles. The molecular formula is C13H9NOY. The molecule has 0 fully saturated rings. The molecule has 2 rings (SSSR count). The zero-order valence-electron chi connectivity index (χ0n) is 8.59. The van der Waals surface area contributed by atoms with Crippen LogP contribution >= 0.6 is 0 Å². The van der Waals surface area contributed by atoms with Crippen LogP contribution in [0.15, 0.2) is 48.5 Å². The van der Waals surface area contributed by atoms with Crippen molar-refractivity contribution in [2.24, 2.45) is 0 Å². The van der Waals surface area contributed by atoms with Crippen molar-refractivity contribution in [3.05, 3.63) is 54.1 Å². The number of benzene rings is 2. The molecule has 0 spiro atoms. The Morgan fingerprint density at radius 1 is 0.812 bits per heavy atom. The summed E-state index contributed by atoms with van der Waals surface area (Å²) in [6.07, 6.45) is 0. The molecule has 0 bridgehead atoms. The zero-order chi connectivity index (χ0) is 10.7. The van der Waals surface area contributed by atoms with Gasteiger partial charge in [0.2, 0.25) is 0 Å². The van der Waals surface area contributed by atoms with Crippen molar-refractivity contribution in [1.29, 1.82) is 5.26 Å². The van der Waals surface area contributed by atoms with Gasteiger partial charge in [-0.1, -0.05) is 24.3 Å². The van der Waals surface area contributed by atoms with Crippen molar-refractivity contribution in [3.63, 3.8) is 0 Å². The summed E-state index contributed by atoms with van der Waals surface area (Å²) in [5.41, 5.74) is 2.71. The van der Waals surface area contributed by atoms with E-state index in [0.717, 1.165) is 11.1 Å². The van der Waals surface area contributed by atoms with Gasteiger partial charge < -0.3 is 5.11 Å². The van der Waals surface area contributed by atoms with Gasteiger partial charge in [0, 0.05) is 32.7 Å². The van der Waals surface area contributed by atoms with Crippen LogP contribution in [0, 0.1) is 11.3 Å². The molecule has 16 heavy (non-hydrogen) atoms. The molecule has 0 unspecified atom stereocenters. The predicted octanol–water partition coefficient (Wildman–Crippen LogP) is 2.93. The topological polar surface area (TPSA) is 44.0 Å². The summed E-state index contributed by atoms with van der Waals surface area (Å²) in [5, 5.41) is 17.8. The van der Waals surface area contributed by atoms with Crippen LogP contribution in [0.5, 0.6) is 5.75 Å². The summed E-state index contributed by atoms with van der Waals surface area (Å²) in [4.78, 5) is 0. The first-order valence-electron chi connectivity index (χ1n) is 4.59. The van der Waals surface area contributed by atoms with Gasteiger partial charge >= 0.3 is 0 Å². The van der Waals surface area contributed by atoms with E-state index < -0.39 is 0 Å². The number of rotatable bonds is 1. The van der Waals surface area contributed by atoms with Crippen molar-refractivity contribution in [2.75, 3.05) is 0 Å². The molecule has 3 heteroatoms. The Bertz CT molecular complexity index is 497. The summed E-state index contributed by atoms with van der Waals surface area (Å²) < 4.78 is 0. The van der Waals surface area contributed by atoms with E-state index in [1.807, 2.05) is 24.3 Å². The number of hydrogen-bond donors (Lipinski definition) is 1. The zero-order valence-corrected chi connectivity index (χ0v) is 11.4. The number of phenols is 1. The van der Waals surface area contributed by atoms with Crippen LogP contribution in [0.1, 0.15) is 5.56 Å². The summed E-state index contributed by atoms with van der Waals surface area (Å²) in [6, 6.07) is 16.4. The molecule has 2 aromatic carbocycles. The van der Waals surface area contributed by atoms with Gasteiger partial charge in [0.05, 0.1) is 11.6 Å². The van der Waals surface area contributed by atoms with Crippen molar-refractivity contribution in [1.82, 2.24) is 0 Å². The third-order valence-electron chi connectivity index (χ3n) is 2.21. The van der Waals surface area contributed by atoms with E-state index in [4.69, 9.17) is 10.4 Å². The Labute approximate surface area is 119 Å². The molecule has 0 saturated carbocycles. The average molecular weight is 284 g/mol. The molecule has 0 aliphatic heterocycles. The second-order valence-electron chi connectivity index (χ2n) is 3.24. The van der Waals surface area contributed by atoms with Gasteiger partial charge in [0.25, 0.3) is 0 Å². The molecule has 0 aromatic heterocycles. The first kappa shape index (κ1) is 12.9. The number of phenolic OH excluding ortho intramolecular Hbond substituents is 1. The van der Waals surface area contributed by atoms with Crippen LogP contribution < -0.4 is 0 Å². The number of nitriles is 1. The monoisotopic (exact) mass is 284 g/mol. The number of aromatic hydroxyl groups is 1. The molecule has 75 valence electrons. The van der Waals surface area contributed by atoms with Gasteiger partial charge in [-0.3, -0.25) is 0 Å². The van der Waals surface area contributed by atoms with Crippen LogP contribution in [0.25, 0.3) is 11.1 Å². The van der Waals surface area contributed by atoms with Gasteiger partial charge in [-0.15, -0.1) is 0 Å². The molecule has 0 saturated heterocycles. The molecular weight excluding hydrogens is 275 g/mol. The Balaban J connectivity index is 0.00000128. The largest absolute Gasteiger partial charge is 0.508 e. The Morgan fingerprint density at radius 2 is 1.25 bits per heavy atom. The number of hydrogen-bond acceptors (Lipinski definition) is 2. The minimum atomic E-state index is 0. The maximum atomic E-state index is 9.14. The van der Waals surface area contributed by atoms with Crippen molar-refractivity contribution < 1.29 is 37.8 Å². The third kappa shape index (κ3) is 2.91. The maximum Gasteiger partial charge on any atom is 0.115 e. The first-order chi connectivity index (χ1) is 7.29. The molecule has 1 N–H and O–H groups in total. The van der Waals surface area contributed by atoms with E-state index in [-0.39, 0.29) is 38.5 Å². The Hall–Kier alpha value is -1.17. The van der Waals surface area contributed by atoms with E-state index in [0.29, 0.717) is 5.56 Å². The van der Waals surface area contributed by atoms with Crippen molar-refractivity contribution in [3.8, 4) is 22.9 Å². The quantitative estimate of drug-likeness (QED) is 0.875. The smallest absolute Gasteiger partial charge is 0.115 e. The molecule has 2 nitrogen and oxygen atoms in total. The predicted molar refractivity (Wildman–Crippen MR) is 58.3 cm³/mol. The normalized spacial score (nSPS) is 8.94. The average Bonchev–Trinajstić information content (AvgIpc) is 2.30. The van der Waals surface area contributed by atoms with E-state index in [1.54, 1.807) is 24.3 Å². The summed E-state index contributed by atoms with van der Waals surface area (Å²) in [5.74, 6) is 0.257. The molecule has 1 radical (unpaired) electrons. The fourth-order valence-corrected chi connectivity index (χ4v) is 1.39. The molecule has 0 heterocycles. The fourth-order valence-electron chi connectivity index (χ4n) is 1.39. The van der Waals surface area contributed by atoms with Crippen LogP contribution in [-0.2, 0) is 32.7 Å². The number of nitrogens with zero attached hydrogens (tertiary/aromatic N) is 1. The Morgan fingerprint density at radius 3 is 1.69 bits per heavy atom. The van der Waals surface area contributed by atoms with Gasteiger partial charge in [-0.25, -0.2) is 0 Å². The Kier molecular flexibility index (Phi) is 4.67. The summed E-state index contributed by atoms with van der Waals surface area (Å²) >= 11 is 0. The second kappa shape index (κ2) is 5.79. The molecule has 0 amide bonds. The fraction of sp³-hybridized carbons (Fsp3) is 0. The first-order valence-corrected chi connectivity index (χ1v) is 4.59. The molecule has 0 atom stereocenters.